The van der Waals surface area contributed by atoms with Crippen molar-refractivity contribution in [2.75, 3.05) is 27.2 Å². The highest BCUT2D eigenvalue weighted by molar-refractivity contribution is 6.13. The van der Waals surface area contributed by atoms with Gasteiger partial charge >= 0.3 is 0 Å². The molecule has 0 heterocycles. The number of rotatable bonds is 5. The minimum atomic E-state index is 0.591. The second kappa shape index (κ2) is 5.35. The summed E-state index contributed by atoms with van der Waals surface area (Å²) in [5.74, 6) is 0. The summed E-state index contributed by atoms with van der Waals surface area (Å²) >= 11 is 5.31. The molecule has 0 aliphatic rings. The Morgan fingerprint density at radius 1 is 1.36 bits per heavy atom. The molecule has 64 valence electrons. The zero-order valence-electron chi connectivity index (χ0n) is 7.15. The zero-order chi connectivity index (χ0) is 8.85. The SMILES string of the molecule is C=C(CNCl)C(=C)CN(C)C. The lowest BCUT2D eigenvalue weighted by atomic mass is 10.1. The van der Waals surface area contributed by atoms with E-state index in [0.717, 1.165) is 17.7 Å². The van der Waals surface area contributed by atoms with Gasteiger partial charge in [-0.05, 0) is 37.0 Å². The molecule has 0 saturated carbocycles. The molecule has 0 aromatic heterocycles. The van der Waals surface area contributed by atoms with E-state index in [1.54, 1.807) is 0 Å². The van der Waals surface area contributed by atoms with Gasteiger partial charge in [-0.2, -0.15) is 0 Å². The fourth-order valence-electron chi connectivity index (χ4n) is 0.699. The van der Waals surface area contributed by atoms with Crippen LogP contribution in [0.2, 0.25) is 0 Å². The Morgan fingerprint density at radius 2 is 1.91 bits per heavy atom. The molecule has 0 fully saturated rings. The minimum absolute atomic E-state index is 0.591. The lowest BCUT2D eigenvalue weighted by molar-refractivity contribution is 0.447. The summed E-state index contributed by atoms with van der Waals surface area (Å²) in [6.45, 7) is 9.12. The molecule has 0 bridgehead atoms. The molecule has 0 aromatic rings. The Hall–Kier alpha value is -0.310. The molecule has 1 N–H and O–H groups in total. The molecule has 0 aliphatic heterocycles. The smallest absolute Gasteiger partial charge is 0.0356 e. The van der Waals surface area contributed by atoms with Gasteiger partial charge in [0.15, 0.2) is 0 Å². The summed E-state index contributed by atoms with van der Waals surface area (Å²) in [6.07, 6.45) is 0. The second-order valence-electron chi connectivity index (χ2n) is 2.76. The van der Waals surface area contributed by atoms with Gasteiger partial charge in [0.25, 0.3) is 0 Å². The van der Waals surface area contributed by atoms with Crippen LogP contribution < -0.4 is 4.84 Å². The van der Waals surface area contributed by atoms with Gasteiger partial charge in [-0.3, -0.25) is 0 Å². The minimum Gasteiger partial charge on any atom is -0.305 e. The highest BCUT2D eigenvalue weighted by Crippen LogP contribution is 2.04. The number of nitrogens with one attached hydrogen (secondary N) is 1. The average molecular weight is 175 g/mol. The van der Waals surface area contributed by atoms with E-state index in [4.69, 9.17) is 11.8 Å². The van der Waals surface area contributed by atoms with Crippen LogP contribution in [0, 0.1) is 0 Å². The molecule has 0 aliphatic carbocycles. The van der Waals surface area contributed by atoms with E-state index in [-0.39, 0.29) is 0 Å². The topological polar surface area (TPSA) is 15.3 Å². The Labute approximate surface area is 73.6 Å². The van der Waals surface area contributed by atoms with Crippen molar-refractivity contribution in [2.24, 2.45) is 0 Å². The first kappa shape index (κ1) is 10.7. The molecule has 0 amide bonds. The Morgan fingerprint density at radius 3 is 2.27 bits per heavy atom. The maximum atomic E-state index is 5.31. The van der Waals surface area contributed by atoms with Crippen molar-refractivity contribution >= 4 is 11.8 Å². The van der Waals surface area contributed by atoms with Crippen LogP contribution in [0.15, 0.2) is 24.3 Å². The zero-order valence-corrected chi connectivity index (χ0v) is 7.91. The Balaban J connectivity index is 3.74. The monoisotopic (exact) mass is 174 g/mol. The van der Waals surface area contributed by atoms with Crippen molar-refractivity contribution in [1.29, 1.82) is 0 Å². The van der Waals surface area contributed by atoms with Crippen molar-refractivity contribution in [2.45, 2.75) is 0 Å². The third-order valence-electron chi connectivity index (χ3n) is 1.29. The second-order valence-corrected chi connectivity index (χ2v) is 3.02. The molecular weight excluding hydrogens is 160 g/mol. The molecule has 0 aromatic carbocycles. The Bertz CT molecular complexity index is 152. The van der Waals surface area contributed by atoms with Crippen LogP contribution in [0.3, 0.4) is 0 Å². The molecular formula is C8H15ClN2. The molecule has 11 heavy (non-hydrogen) atoms. The van der Waals surface area contributed by atoms with Gasteiger partial charge in [0, 0.05) is 13.1 Å². The Kier molecular flexibility index (Phi) is 5.20. The van der Waals surface area contributed by atoms with Gasteiger partial charge in [-0.25, -0.2) is 4.84 Å². The number of halogens is 1. The summed E-state index contributed by atoms with van der Waals surface area (Å²) in [5, 5.41) is 0. The van der Waals surface area contributed by atoms with Gasteiger partial charge in [-0.1, -0.05) is 13.2 Å². The highest BCUT2D eigenvalue weighted by atomic mass is 35.5. The van der Waals surface area contributed by atoms with Crippen LogP contribution in [-0.2, 0) is 0 Å². The van der Waals surface area contributed by atoms with Crippen LogP contribution in [-0.4, -0.2) is 32.1 Å². The fraction of sp³-hybridized carbons (Fsp3) is 0.500. The van der Waals surface area contributed by atoms with E-state index in [2.05, 4.69) is 18.0 Å². The largest absolute Gasteiger partial charge is 0.305 e. The van der Waals surface area contributed by atoms with Crippen molar-refractivity contribution in [3.05, 3.63) is 24.3 Å². The normalized spacial score (nSPS) is 10.2. The van der Waals surface area contributed by atoms with Crippen molar-refractivity contribution in [3.8, 4) is 0 Å². The third-order valence-corrected chi connectivity index (χ3v) is 1.42. The summed E-state index contributed by atoms with van der Waals surface area (Å²) in [5.41, 5.74) is 1.97. The molecule has 0 spiro atoms. The third kappa shape index (κ3) is 5.01. The van der Waals surface area contributed by atoms with E-state index >= 15 is 0 Å². The molecule has 0 unspecified atom stereocenters. The predicted molar refractivity (Wildman–Crippen MR) is 50.7 cm³/mol. The van der Waals surface area contributed by atoms with Crippen molar-refractivity contribution < 1.29 is 0 Å². The average Bonchev–Trinajstić information content (AvgIpc) is 1.86. The van der Waals surface area contributed by atoms with Gasteiger partial charge in [-0.15, -0.1) is 0 Å². The molecule has 0 atom stereocenters. The van der Waals surface area contributed by atoms with E-state index < -0.39 is 0 Å². The number of hydrogen-bond acceptors (Lipinski definition) is 2. The van der Waals surface area contributed by atoms with Gasteiger partial charge < -0.3 is 4.90 Å². The van der Waals surface area contributed by atoms with E-state index in [9.17, 15) is 0 Å². The van der Waals surface area contributed by atoms with Crippen molar-refractivity contribution in [1.82, 2.24) is 9.74 Å². The molecule has 0 radical (unpaired) electrons. The van der Waals surface area contributed by atoms with Gasteiger partial charge in [0.2, 0.25) is 0 Å². The molecule has 0 rings (SSSR count). The van der Waals surface area contributed by atoms with Crippen LogP contribution in [0.1, 0.15) is 0 Å². The van der Waals surface area contributed by atoms with Crippen LogP contribution in [0.25, 0.3) is 0 Å². The van der Waals surface area contributed by atoms with Gasteiger partial charge in [0.05, 0.1) is 0 Å². The van der Waals surface area contributed by atoms with E-state index in [1.165, 1.54) is 0 Å². The van der Waals surface area contributed by atoms with Crippen LogP contribution in [0.4, 0.5) is 0 Å². The summed E-state index contributed by atoms with van der Waals surface area (Å²) < 4.78 is 0. The number of hydrogen-bond donors (Lipinski definition) is 1. The van der Waals surface area contributed by atoms with E-state index in [1.807, 2.05) is 19.0 Å². The molecule has 0 saturated heterocycles. The summed E-state index contributed by atoms with van der Waals surface area (Å²) in [6, 6.07) is 0. The molecule has 2 nitrogen and oxygen atoms in total. The first-order chi connectivity index (χ1) is 5.07. The maximum absolute atomic E-state index is 5.31. The molecule has 3 heteroatoms. The van der Waals surface area contributed by atoms with Crippen molar-refractivity contribution in [3.63, 3.8) is 0 Å². The fourth-order valence-corrected chi connectivity index (χ4v) is 0.860. The summed E-state index contributed by atoms with van der Waals surface area (Å²) in [7, 11) is 3.99. The maximum Gasteiger partial charge on any atom is 0.0356 e. The van der Waals surface area contributed by atoms with Crippen LogP contribution in [0.5, 0.6) is 0 Å². The first-order valence-electron chi connectivity index (χ1n) is 3.42. The lowest BCUT2D eigenvalue weighted by Gasteiger charge is -2.13. The highest BCUT2D eigenvalue weighted by Gasteiger charge is 1.99. The predicted octanol–water partition coefficient (Wildman–Crippen LogP) is 1.40. The standard InChI is InChI=1S/C8H15ClN2/c1-7(5-10-9)8(2)6-11(3)4/h10H,1-2,5-6H2,3-4H3. The quantitative estimate of drug-likeness (QED) is 0.501. The first-order valence-corrected chi connectivity index (χ1v) is 3.80. The van der Waals surface area contributed by atoms with Gasteiger partial charge in [0.1, 0.15) is 0 Å². The number of nitrogens with zero attached hydrogens (tertiary/aromatic N) is 1. The lowest BCUT2D eigenvalue weighted by Crippen LogP contribution is -2.17. The summed E-state index contributed by atoms with van der Waals surface area (Å²) in [4.78, 5) is 4.56. The number of likely N-dealkylation sites (N-methyl/N-ethyl adjacent to an activating group) is 1. The van der Waals surface area contributed by atoms with Crippen LogP contribution >= 0.6 is 11.8 Å². The van der Waals surface area contributed by atoms with E-state index in [0.29, 0.717) is 6.54 Å².